The summed E-state index contributed by atoms with van der Waals surface area (Å²) < 4.78 is 10.7. The molecule has 4 rings (SSSR count). The Morgan fingerprint density at radius 1 is 1.06 bits per heavy atom. The number of alkyl carbamates (subject to hydrolysis) is 1. The first-order valence-corrected chi connectivity index (χ1v) is 11.6. The van der Waals surface area contributed by atoms with E-state index in [-0.39, 0.29) is 25.6 Å². The van der Waals surface area contributed by atoms with Gasteiger partial charge in [0.05, 0.1) is 0 Å². The maximum atomic E-state index is 13.2. The van der Waals surface area contributed by atoms with Crippen molar-refractivity contribution in [1.29, 1.82) is 0 Å². The van der Waals surface area contributed by atoms with E-state index in [0.29, 0.717) is 13.0 Å². The zero-order valence-electron chi connectivity index (χ0n) is 19.2. The van der Waals surface area contributed by atoms with Gasteiger partial charge in [0.2, 0.25) is 5.91 Å². The van der Waals surface area contributed by atoms with Crippen LogP contribution in [0, 0.1) is 0 Å². The molecule has 1 saturated heterocycles. The van der Waals surface area contributed by atoms with E-state index >= 15 is 0 Å². The molecule has 1 heterocycles. The zero-order valence-corrected chi connectivity index (χ0v) is 19.2. The van der Waals surface area contributed by atoms with Crippen molar-refractivity contribution in [3.05, 3.63) is 59.7 Å². The summed E-state index contributed by atoms with van der Waals surface area (Å²) in [5.41, 5.74) is 4.46. The molecule has 180 valence electrons. The Balaban J connectivity index is 1.44. The summed E-state index contributed by atoms with van der Waals surface area (Å²) in [5, 5.41) is 12.2. The first kappa shape index (κ1) is 23.8. The Morgan fingerprint density at radius 2 is 1.71 bits per heavy atom. The first-order chi connectivity index (χ1) is 16.5. The molecule has 2 unspecified atom stereocenters. The number of rotatable bonds is 8. The smallest absolute Gasteiger partial charge is 0.407 e. The molecule has 0 radical (unpaired) electrons. The summed E-state index contributed by atoms with van der Waals surface area (Å²) >= 11 is 0. The number of hydrogen-bond acceptors (Lipinski definition) is 5. The number of methoxy groups -OCH3 is 1. The van der Waals surface area contributed by atoms with Gasteiger partial charge in [-0.15, -0.1) is 0 Å². The second kappa shape index (κ2) is 10.7. The van der Waals surface area contributed by atoms with Gasteiger partial charge < -0.3 is 24.8 Å². The highest BCUT2D eigenvalue weighted by Gasteiger charge is 2.36. The lowest BCUT2D eigenvalue weighted by atomic mass is 9.98. The molecular formula is C26H30N2O6. The lowest BCUT2D eigenvalue weighted by molar-refractivity contribution is -0.153. The minimum absolute atomic E-state index is 0.0928. The third kappa shape index (κ3) is 4.92. The molecule has 1 aliphatic heterocycles. The third-order valence-corrected chi connectivity index (χ3v) is 6.62. The van der Waals surface area contributed by atoms with Gasteiger partial charge in [0.1, 0.15) is 18.7 Å². The van der Waals surface area contributed by atoms with Crippen molar-refractivity contribution in [2.24, 2.45) is 0 Å². The molecule has 2 amide bonds. The van der Waals surface area contributed by atoms with Crippen LogP contribution in [0.3, 0.4) is 0 Å². The molecule has 34 heavy (non-hydrogen) atoms. The molecule has 1 fully saturated rings. The van der Waals surface area contributed by atoms with Crippen LogP contribution in [0.2, 0.25) is 0 Å². The van der Waals surface area contributed by atoms with Gasteiger partial charge in [0.25, 0.3) is 0 Å². The van der Waals surface area contributed by atoms with Crippen LogP contribution in [-0.2, 0) is 19.1 Å². The summed E-state index contributed by atoms with van der Waals surface area (Å²) in [6, 6.07) is 14.3. The number of carbonyl (C=O) groups is 3. The van der Waals surface area contributed by atoms with E-state index in [0.717, 1.165) is 35.1 Å². The van der Waals surface area contributed by atoms with Crippen LogP contribution >= 0.6 is 0 Å². The number of ether oxygens (including phenoxy) is 2. The van der Waals surface area contributed by atoms with Crippen molar-refractivity contribution in [1.82, 2.24) is 10.2 Å². The number of piperidine rings is 1. The highest BCUT2D eigenvalue weighted by molar-refractivity contribution is 5.89. The van der Waals surface area contributed by atoms with Gasteiger partial charge in [0.15, 0.2) is 0 Å². The minimum atomic E-state index is -1.03. The molecule has 2 atom stereocenters. The third-order valence-electron chi connectivity index (χ3n) is 6.62. The number of amides is 2. The van der Waals surface area contributed by atoms with Crippen LogP contribution in [0.1, 0.15) is 42.7 Å². The topological polar surface area (TPSA) is 105 Å². The SMILES string of the molecule is COCCC(NC(=O)OCC1c2ccccc2-c2ccccc21)C(=O)N1CCCCC1C(=O)O. The van der Waals surface area contributed by atoms with Gasteiger partial charge in [-0.1, -0.05) is 48.5 Å². The molecule has 2 N–H and O–H groups in total. The van der Waals surface area contributed by atoms with E-state index in [2.05, 4.69) is 17.4 Å². The summed E-state index contributed by atoms with van der Waals surface area (Å²) in [5.74, 6) is -1.54. The molecule has 8 heteroatoms. The number of benzene rings is 2. The summed E-state index contributed by atoms with van der Waals surface area (Å²) in [7, 11) is 1.51. The highest BCUT2D eigenvalue weighted by Crippen LogP contribution is 2.44. The number of hydrogen-bond donors (Lipinski definition) is 2. The van der Waals surface area contributed by atoms with E-state index in [9.17, 15) is 19.5 Å². The van der Waals surface area contributed by atoms with Crippen LogP contribution in [0.25, 0.3) is 11.1 Å². The fraction of sp³-hybridized carbons (Fsp3) is 0.423. The monoisotopic (exact) mass is 466 g/mol. The van der Waals surface area contributed by atoms with Crippen LogP contribution in [0.5, 0.6) is 0 Å². The summed E-state index contributed by atoms with van der Waals surface area (Å²) in [4.78, 5) is 38.9. The van der Waals surface area contributed by atoms with E-state index in [1.807, 2.05) is 36.4 Å². The fourth-order valence-electron chi connectivity index (χ4n) is 4.93. The summed E-state index contributed by atoms with van der Waals surface area (Å²) in [6.07, 6.45) is 1.41. The molecule has 2 aromatic rings. The van der Waals surface area contributed by atoms with Crippen LogP contribution < -0.4 is 5.32 Å². The quantitative estimate of drug-likeness (QED) is 0.618. The first-order valence-electron chi connectivity index (χ1n) is 11.6. The zero-order chi connectivity index (χ0) is 24.1. The number of carbonyl (C=O) groups excluding carboxylic acids is 2. The molecule has 0 aromatic heterocycles. The fourth-order valence-corrected chi connectivity index (χ4v) is 4.93. The molecule has 2 aliphatic rings. The van der Waals surface area contributed by atoms with Gasteiger partial charge in [0, 0.05) is 32.6 Å². The number of carboxylic acids is 1. The van der Waals surface area contributed by atoms with Gasteiger partial charge >= 0.3 is 12.1 Å². The molecule has 0 bridgehead atoms. The number of likely N-dealkylation sites (tertiary alicyclic amines) is 1. The lowest BCUT2D eigenvalue weighted by Crippen LogP contribution is -2.55. The van der Waals surface area contributed by atoms with Crippen LogP contribution in [-0.4, -0.2) is 66.9 Å². The standard InChI is InChI=1S/C26H30N2O6/c1-33-15-13-22(24(29)28-14-7-6-12-23(28)25(30)31)27-26(32)34-16-21-19-10-4-2-8-17(19)18-9-3-5-11-20(18)21/h2-5,8-11,21-23H,6-7,12-16H2,1H3,(H,27,32)(H,30,31). The average molecular weight is 467 g/mol. The van der Waals surface area contributed by atoms with Crippen molar-refractivity contribution in [3.8, 4) is 11.1 Å². The average Bonchev–Trinajstić information content (AvgIpc) is 3.18. The number of carboxylic acid groups (broad SMARTS) is 1. The molecule has 0 spiro atoms. The van der Waals surface area contributed by atoms with Gasteiger partial charge in [-0.2, -0.15) is 0 Å². The number of aliphatic carboxylic acids is 1. The van der Waals surface area contributed by atoms with Crippen molar-refractivity contribution in [2.45, 2.75) is 43.7 Å². The van der Waals surface area contributed by atoms with E-state index in [4.69, 9.17) is 9.47 Å². The maximum Gasteiger partial charge on any atom is 0.407 e. The van der Waals surface area contributed by atoms with Crippen molar-refractivity contribution >= 4 is 18.0 Å². The van der Waals surface area contributed by atoms with Gasteiger partial charge in [-0.05, 0) is 41.5 Å². The second-order valence-electron chi connectivity index (χ2n) is 8.69. The molecule has 1 aliphatic carbocycles. The Labute approximate surface area is 198 Å². The largest absolute Gasteiger partial charge is 0.480 e. The van der Waals surface area contributed by atoms with Crippen molar-refractivity contribution in [2.75, 3.05) is 26.9 Å². The maximum absolute atomic E-state index is 13.2. The highest BCUT2D eigenvalue weighted by atomic mass is 16.5. The van der Waals surface area contributed by atoms with Crippen molar-refractivity contribution < 1.29 is 29.0 Å². The van der Waals surface area contributed by atoms with E-state index in [1.54, 1.807) is 0 Å². The summed E-state index contributed by atoms with van der Waals surface area (Å²) in [6.45, 7) is 0.726. The Bertz CT molecular complexity index is 1010. The Kier molecular flexibility index (Phi) is 7.47. The second-order valence-corrected chi connectivity index (χ2v) is 8.69. The number of fused-ring (bicyclic) bond motifs is 3. The lowest BCUT2D eigenvalue weighted by Gasteiger charge is -2.35. The van der Waals surface area contributed by atoms with Gasteiger partial charge in [-0.3, -0.25) is 4.79 Å². The predicted molar refractivity (Wildman–Crippen MR) is 125 cm³/mol. The Morgan fingerprint density at radius 3 is 2.32 bits per heavy atom. The number of nitrogens with zero attached hydrogens (tertiary/aromatic N) is 1. The van der Waals surface area contributed by atoms with Gasteiger partial charge in [-0.25, -0.2) is 9.59 Å². The molecule has 2 aromatic carbocycles. The van der Waals surface area contributed by atoms with Crippen LogP contribution in [0.4, 0.5) is 4.79 Å². The molecule has 8 nitrogen and oxygen atoms in total. The van der Waals surface area contributed by atoms with Crippen LogP contribution in [0.15, 0.2) is 48.5 Å². The molecular weight excluding hydrogens is 436 g/mol. The van der Waals surface area contributed by atoms with E-state index in [1.165, 1.54) is 12.0 Å². The normalized spacial score (nSPS) is 18.0. The minimum Gasteiger partial charge on any atom is -0.480 e. The van der Waals surface area contributed by atoms with Crippen molar-refractivity contribution in [3.63, 3.8) is 0 Å². The predicted octanol–water partition coefficient (Wildman–Crippen LogP) is 3.40. The molecule has 0 saturated carbocycles. The van der Waals surface area contributed by atoms with E-state index < -0.39 is 30.1 Å². The number of nitrogens with one attached hydrogen (secondary N) is 1. The Hall–Kier alpha value is -3.39.